The highest BCUT2D eigenvalue weighted by molar-refractivity contribution is 5.94. The molecule has 3 rings (SSSR count). The molecule has 25 heavy (non-hydrogen) atoms. The van der Waals surface area contributed by atoms with E-state index in [0.29, 0.717) is 5.75 Å². The third-order valence-corrected chi connectivity index (χ3v) is 3.76. The van der Waals surface area contributed by atoms with E-state index in [4.69, 9.17) is 4.74 Å². The van der Waals surface area contributed by atoms with Crippen LogP contribution < -0.4 is 10.1 Å². The maximum atomic E-state index is 12.4. The number of rotatable bonds is 5. The number of carbonyl (C=O) groups is 1. The topological polar surface area (TPSA) is 81.9 Å². The highest BCUT2D eigenvalue weighted by Crippen LogP contribution is 2.19. The number of benzene rings is 2. The first-order valence-corrected chi connectivity index (χ1v) is 7.91. The highest BCUT2D eigenvalue weighted by Gasteiger charge is 2.16. The molecule has 1 heterocycles. The second-order valence-electron chi connectivity index (χ2n) is 5.82. The largest absolute Gasteiger partial charge is 0.481 e. The average molecular weight is 337 g/mol. The summed E-state index contributed by atoms with van der Waals surface area (Å²) in [6.07, 6.45) is 0.847. The molecular weight excluding hydrogens is 318 g/mol. The van der Waals surface area contributed by atoms with Crippen LogP contribution >= 0.6 is 0 Å². The summed E-state index contributed by atoms with van der Waals surface area (Å²) in [5.74, 6) is 0.359. The number of anilines is 1. The Kier molecular flexibility index (Phi) is 4.74. The quantitative estimate of drug-likeness (QED) is 0.774. The van der Waals surface area contributed by atoms with Gasteiger partial charge in [0.1, 0.15) is 12.1 Å². The second-order valence-corrected chi connectivity index (χ2v) is 5.82. The maximum Gasteiger partial charge on any atom is 0.265 e. The summed E-state index contributed by atoms with van der Waals surface area (Å²) >= 11 is 0. The third kappa shape index (κ3) is 4.00. The van der Waals surface area contributed by atoms with Crippen LogP contribution in [0.4, 0.5) is 5.69 Å². The van der Waals surface area contributed by atoms with E-state index in [2.05, 4.69) is 20.8 Å². The monoisotopic (exact) mass is 337 g/mol. The van der Waals surface area contributed by atoms with E-state index in [0.717, 1.165) is 22.5 Å². The lowest BCUT2D eigenvalue weighted by Gasteiger charge is -2.16. The fourth-order valence-corrected chi connectivity index (χ4v) is 2.34. The number of aryl methyl sites for hydroxylation is 2. The summed E-state index contributed by atoms with van der Waals surface area (Å²) in [7, 11) is 0. The molecule has 1 unspecified atom stereocenters. The predicted octanol–water partition coefficient (Wildman–Crippen LogP) is 2.69. The Morgan fingerprint density at radius 3 is 2.80 bits per heavy atom. The number of hydrogen-bond acceptors (Lipinski definition) is 5. The molecule has 7 heteroatoms. The molecule has 0 aliphatic heterocycles. The maximum absolute atomic E-state index is 12.4. The van der Waals surface area contributed by atoms with Crippen molar-refractivity contribution < 1.29 is 9.53 Å². The summed E-state index contributed by atoms with van der Waals surface area (Å²) in [6, 6.07) is 13.2. The van der Waals surface area contributed by atoms with Gasteiger partial charge in [-0.3, -0.25) is 4.79 Å². The van der Waals surface area contributed by atoms with E-state index in [1.807, 2.05) is 44.2 Å². The number of amides is 1. The first kappa shape index (κ1) is 16.6. The molecule has 0 radical (unpaired) electrons. The summed E-state index contributed by atoms with van der Waals surface area (Å²) in [4.78, 5) is 12.4. The van der Waals surface area contributed by atoms with Crippen LogP contribution in [-0.2, 0) is 4.79 Å². The SMILES string of the molecule is Cc1ccc(C)c(NC(=O)C(C)Oc2cccc(-n3cnnn3)c2)c1. The van der Waals surface area contributed by atoms with E-state index in [9.17, 15) is 4.79 Å². The van der Waals surface area contributed by atoms with E-state index in [-0.39, 0.29) is 5.91 Å². The average Bonchev–Trinajstić information content (AvgIpc) is 3.13. The van der Waals surface area contributed by atoms with Crippen molar-refractivity contribution in [3.05, 3.63) is 59.9 Å². The Bertz CT molecular complexity index is 877. The van der Waals surface area contributed by atoms with Gasteiger partial charge in [0.25, 0.3) is 5.91 Å². The number of hydrogen-bond donors (Lipinski definition) is 1. The van der Waals surface area contributed by atoms with E-state index in [1.165, 1.54) is 11.0 Å². The Morgan fingerprint density at radius 1 is 1.20 bits per heavy atom. The van der Waals surface area contributed by atoms with Crippen molar-refractivity contribution >= 4 is 11.6 Å². The summed E-state index contributed by atoms with van der Waals surface area (Å²) in [5, 5.41) is 14.0. The van der Waals surface area contributed by atoms with Crippen molar-refractivity contribution in [2.75, 3.05) is 5.32 Å². The standard InChI is InChI=1S/C18H19N5O2/c1-12-7-8-13(2)17(9-12)20-18(24)14(3)25-16-6-4-5-15(10-16)23-11-19-21-22-23/h4-11,14H,1-3H3,(H,20,24). The molecule has 1 N–H and O–H groups in total. The number of ether oxygens (including phenoxy) is 1. The number of nitrogens with one attached hydrogen (secondary N) is 1. The minimum atomic E-state index is -0.649. The number of carbonyl (C=O) groups excluding carboxylic acids is 1. The Labute approximate surface area is 145 Å². The van der Waals surface area contributed by atoms with Gasteiger partial charge in [-0.25, -0.2) is 4.68 Å². The molecule has 0 fully saturated rings. The zero-order valence-electron chi connectivity index (χ0n) is 14.3. The molecule has 2 aromatic carbocycles. The number of tetrazole rings is 1. The van der Waals surface area contributed by atoms with Gasteiger partial charge in [-0.15, -0.1) is 5.10 Å². The van der Waals surface area contributed by atoms with Crippen LogP contribution in [0.2, 0.25) is 0 Å². The van der Waals surface area contributed by atoms with Crippen LogP contribution in [-0.4, -0.2) is 32.2 Å². The molecular formula is C18H19N5O2. The summed E-state index contributed by atoms with van der Waals surface area (Å²) in [6.45, 7) is 5.65. The van der Waals surface area contributed by atoms with Crippen molar-refractivity contribution in [1.29, 1.82) is 0 Å². The van der Waals surface area contributed by atoms with Crippen LogP contribution in [0.5, 0.6) is 5.75 Å². The summed E-state index contributed by atoms with van der Waals surface area (Å²) in [5.41, 5.74) is 3.64. The normalized spacial score (nSPS) is 11.8. The molecule has 0 saturated carbocycles. The van der Waals surface area contributed by atoms with Crippen molar-refractivity contribution in [3.8, 4) is 11.4 Å². The van der Waals surface area contributed by atoms with Crippen LogP contribution in [0, 0.1) is 13.8 Å². The van der Waals surface area contributed by atoms with E-state index in [1.54, 1.807) is 19.1 Å². The van der Waals surface area contributed by atoms with Crippen molar-refractivity contribution in [2.45, 2.75) is 26.9 Å². The minimum absolute atomic E-state index is 0.207. The lowest BCUT2D eigenvalue weighted by molar-refractivity contribution is -0.122. The third-order valence-electron chi connectivity index (χ3n) is 3.76. The minimum Gasteiger partial charge on any atom is -0.481 e. The first-order valence-electron chi connectivity index (χ1n) is 7.91. The van der Waals surface area contributed by atoms with Crippen molar-refractivity contribution in [1.82, 2.24) is 20.2 Å². The van der Waals surface area contributed by atoms with Gasteiger partial charge < -0.3 is 10.1 Å². The zero-order valence-corrected chi connectivity index (χ0v) is 14.3. The van der Waals surface area contributed by atoms with Crippen molar-refractivity contribution in [2.24, 2.45) is 0 Å². The predicted molar refractivity (Wildman–Crippen MR) is 93.8 cm³/mol. The zero-order chi connectivity index (χ0) is 17.8. The smallest absolute Gasteiger partial charge is 0.265 e. The summed E-state index contributed by atoms with van der Waals surface area (Å²) < 4.78 is 7.28. The molecule has 0 spiro atoms. The van der Waals surface area contributed by atoms with Gasteiger partial charge in [0.2, 0.25) is 0 Å². The van der Waals surface area contributed by atoms with E-state index >= 15 is 0 Å². The molecule has 0 bridgehead atoms. The lowest BCUT2D eigenvalue weighted by atomic mass is 10.1. The Hall–Kier alpha value is -3.22. The van der Waals surface area contributed by atoms with E-state index < -0.39 is 6.10 Å². The van der Waals surface area contributed by atoms with Crippen molar-refractivity contribution in [3.63, 3.8) is 0 Å². The second kappa shape index (κ2) is 7.12. The molecule has 7 nitrogen and oxygen atoms in total. The van der Waals surface area contributed by atoms with Gasteiger partial charge in [0.15, 0.2) is 6.10 Å². The Balaban J connectivity index is 1.69. The van der Waals surface area contributed by atoms with Gasteiger partial charge in [-0.05, 0) is 60.5 Å². The fraction of sp³-hybridized carbons (Fsp3) is 0.222. The van der Waals surface area contributed by atoms with Gasteiger partial charge in [0.05, 0.1) is 5.69 Å². The van der Waals surface area contributed by atoms with Crippen LogP contribution in [0.1, 0.15) is 18.1 Å². The number of nitrogens with zero attached hydrogens (tertiary/aromatic N) is 4. The van der Waals surface area contributed by atoms with Gasteiger partial charge in [-0.2, -0.15) is 0 Å². The highest BCUT2D eigenvalue weighted by atomic mass is 16.5. The first-order chi connectivity index (χ1) is 12.0. The molecule has 3 aromatic rings. The molecule has 1 aromatic heterocycles. The Morgan fingerprint density at radius 2 is 2.04 bits per heavy atom. The van der Waals surface area contributed by atoms with Gasteiger partial charge in [-0.1, -0.05) is 18.2 Å². The van der Waals surface area contributed by atoms with Crippen LogP contribution in [0.25, 0.3) is 5.69 Å². The van der Waals surface area contributed by atoms with Crippen LogP contribution in [0.3, 0.4) is 0 Å². The molecule has 0 aliphatic carbocycles. The number of aromatic nitrogens is 4. The lowest BCUT2D eigenvalue weighted by Crippen LogP contribution is -2.30. The molecule has 0 saturated heterocycles. The van der Waals surface area contributed by atoms with Gasteiger partial charge >= 0.3 is 0 Å². The molecule has 0 aliphatic rings. The molecule has 1 amide bonds. The fourth-order valence-electron chi connectivity index (χ4n) is 2.34. The van der Waals surface area contributed by atoms with Gasteiger partial charge in [0, 0.05) is 11.8 Å². The molecule has 1 atom stereocenters. The van der Waals surface area contributed by atoms with Crippen LogP contribution in [0.15, 0.2) is 48.8 Å². The molecule has 128 valence electrons.